The summed E-state index contributed by atoms with van der Waals surface area (Å²) >= 11 is 0. The minimum Gasteiger partial charge on any atom is -0.466 e. The largest absolute Gasteiger partial charge is 0.466 e. The number of carbonyl (C=O) groups is 1. The van der Waals surface area contributed by atoms with Crippen LogP contribution in [0.15, 0.2) is 24.3 Å². The fraction of sp³-hybridized carbons (Fsp3) is 0.611. The van der Waals surface area contributed by atoms with Crippen LogP contribution in [0, 0.1) is 16.0 Å². The molecule has 0 heterocycles. The normalized spacial score (nSPS) is 23.4. The molecule has 6 nitrogen and oxygen atoms in total. The molecular weight excluding hydrogens is 308 g/mol. The van der Waals surface area contributed by atoms with E-state index in [1.807, 2.05) is 13.0 Å². The van der Waals surface area contributed by atoms with E-state index in [-0.39, 0.29) is 28.5 Å². The number of rotatable bonds is 7. The number of non-ortho nitro benzene ring substituents is 1. The standard InChI is InChI=1S/C18H24N2O4/c1-2-24-18(21)16-7-4-8-17(16)19(14-9-10-14)12-13-5-3-6-15(11-13)20(22)23/h3,5-6,11,14,16-17H,2,4,7-10,12H2,1H3/t16-,17-/m1/s1. The van der Waals surface area contributed by atoms with Crippen LogP contribution in [0.3, 0.4) is 0 Å². The number of ether oxygens (including phenoxy) is 1. The highest BCUT2D eigenvalue weighted by Crippen LogP contribution is 2.39. The van der Waals surface area contributed by atoms with Crippen molar-refractivity contribution in [1.29, 1.82) is 0 Å². The van der Waals surface area contributed by atoms with Gasteiger partial charge in [0.1, 0.15) is 0 Å². The summed E-state index contributed by atoms with van der Waals surface area (Å²) in [4.78, 5) is 25.3. The number of nitro groups is 1. The first-order valence-corrected chi connectivity index (χ1v) is 8.76. The first-order valence-electron chi connectivity index (χ1n) is 8.76. The topological polar surface area (TPSA) is 72.7 Å². The number of hydrogen-bond donors (Lipinski definition) is 0. The molecule has 1 aromatic rings. The summed E-state index contributed by atoms with van der Waals surface area (Å²) < 4.78 is 5.25. The Morgan fingerprint density at radius 2 is 2.12 bits per heavy atom. The monoisotopic (exact) mass is 332 g/mol. The molecule has 0 spiro atoms. The van der Waals surface area contributed by atoms with Crippen LogP contribution in [-0.2, 0) is 16.1 Å². The van der Waals surface area contributed by atoms with Crippen LogP contribution < -0.4 is 0 Å². The van der Waals surface area contributed by atoms with E-state index in [9.17, 15) is 14.9 Å². The summed E-state index contributed by atoms with van der Waals surface area (Å²) in [6, 6.07) is 7.50. The van der Waals surface area contributed by atoms with Crippen LogP contribution in [0.4, 0.5) is 5.69 Å². The average molecular weight is 332 g/mol. The van der Waals surface area contributed by atoms with Gasteiger partial charge in [-0.2, -0.15) is 0 Å². The predicted octanol–water partition coefficient (Wildman–Crippen LogP) is 3.29. The molecule has 2 aliphatic rings. The molecule has 2 saturated carbocycles. The van der Waals surface area contributed by atoms with Crippen molar-refractivity contribution in [2.75, 3.05) is 6.61 Å². The van der Waals surface area contributed by atoms with Gasteiger partial charge in [-0.15, -0.1) is 0 Å². The Balaban J connectivity index is 1.76. The van der Waals surface area contributed by atoms with E-state index >= 15 is 0 Å². The van der Waals surface area contributed by atoms with Gasteiger partial charge in [-0.1, -0.05) is 18.6 Å². The molecular formula is C18H24N2O4. The third-order valence-electron chi connectivity index (χ3n) is 5.00. The number of carbonyl (C=O) groups excluding carboxylic acids is 1. The first-order chi connectivity index (χ1) is 11.6. The Hall–Kier alpha value is -1.95. The van der Waals surface area contributed by atoms with E-state index in [2.05, 4.69) is 4.90 Å². The minimum absolute atomic E-state index is 0.0655. The van der Waals surface area contributed by atoms with Crippen molar-refractivity contribution in [3.05, 3.63) is 39.9 Å². The lowest BCUT2D eigenvalue weighted by molar-refractivity contribution is -0.384. The highest BCUT2D eigenvalue weighted by molar-refractivity contribution is 5.73. The summed E-state index contributed by atoms with van der Waals surface area (Å²) in [5, 5.41) is 11.0. The molecule has 0 N–H and O–H groups in total. The number of hydrogen-bond acceptors (Lipinski definition) is 5. The highest BCUT2D eigenvalue weighted by atomic mass is 16.6. The Labute approximate surface area is 141 Å². The van der Waals surface area contributed by atoms with Crippen LogP contribution in [0.5, 0.6) is 0 Å². The molecule has 0 unspecified atom stereocenters. The van der Waals surface area contributed by atoms with Gasteiger partial charge in [0.15, 0.2) is 0 Å². The lowest BCUT2D eigenvalue weighted by atomic mass is 10.0. The molecule has 2 fully saturated rings. The van der Waals surface area contributed by atoms with Crippen molar-refractivity contribution in [3.8, 4) is 0 Å². The maximum atomic E-state index is 12.3. The molecule has 130 valence electrons. The molecule has 24 heavy (non-hydrogen) atoms. The van der Waals surface area contributed by atoms with Gasteiger partial charge in [0, 0.05) is 30.8 Å². The summed E-state index contributed by atoms with van der Waals surface area (Å²) in [7, 11) is 0. The highest BCUT2D eigenvalue weighted by Gasteiger charge is 2.43. The van der Waals surface area contributed by atoms with E-state index in [0.717, 1.165) is 37.7 Å². The Kier molecular flexibility index (Phi) is 5.14. The molecule has 0 aromatic heterocycles. The van der Waals surface area contributed by atoms with E-state index in [0.29, 0.717) is 19.2 Å². The molecule has 1 aromatic carbocycles. The zero-order chi connectivity index (χ0) is 17.1. The van der Waals surface area contributed by atoms with Crippen molar-refractivity contribution in [1.82, 2.24) is 4.90 Å². The van der Waals surface area contributed by atoms with E-state index in [1.165, 1.54) is 6.07 Å². The summed E-state index contributed by atoms with van der Waals surface area (Å²) in [6.45, 7) is 2.91. The number of benzene rings is 1. The Morgan fingerprint density at radius 1 is 1.33 bits per heavy atom. The summed E-state index contributed by atoms with van der Waals surface area (Å²) in [5.41, 5.74) is 1.06. The quantitative estimate of drug-likeness (QED) is 0.435. The molecule has 3 rings (SSSR count). The SMILES string of the molecule is CCOC(=O)[C@@H]1CCC[C@H]1N(Cc1cccc([N+](=O)[O-])c1)C1CC1. The van der Waals surface area contributed by atoms with Crippen molar-refractivity contribution in [2.24, 2.45) is 5.92 Å². The van der Waals surface area contributed by atoms with Gasteiger partial charge in [0.05, 0.1) is 17.4 Å². The van der Waals surface area contributed by atoms with Gasteiger partial charge in [-0.05, 0) is 38.2 Å². The van der Waals surface area contributed by atoms with Crippen LogP contribution in [0.2, 0.25) is 0 Å². The van der Waals surface area contributed by atoms with Crippen LogP contribution in [-0.4, -0.2) is 34.5 Å². The second-order valence-electron chi connectivity index (χ2n) is 6.69. The van der Waals surface area contributed by atoms with Gasteiger partial charge in [0.2, 0.25) is 0 Å². The number of nitro benzene ring substituents is 1. The van der Waals surface area contributed by atoms with Gasteiger partial charge in [-0.3, -0.25) is 19.8 Å². The van der Waals surface area contributed by atoms with Crippen LogP contribution in [0.25, 0.3) is 0 Å². The third-order valence-corrected chi connectivity index (χ3v) is 5.00. The third kappa shape index (κ3) is 3.75. The summed E-state index contributed by atoms with van der Waals surface area (Å²) in [5.74, 6) is -0.158. The van der Waals surface area contributed by atoms with E-state index < -0.39 is 0 Å². The maximum Gasteiger partial charge on any atom is 0.310 e. The smallest absolute Gasteiger partial charge is 0.310 e. The molecule has 2 aliphatic carbocycles. The zero-order valence-electron chi connectivity index (χ0n) is 14.0. The molecule has 0 radical (unpaired) electrons. The molecule has 6 heteroatoms. The minimum atomic E-state index is -0.359. The fourth-order valence-electron chi connectivity index (χ4n) is 3.76. The van der Waals surface area contributed by atoms with E-state index in [1.54, 1.807) is 12.1 Å². The van der Waals surface area contributed by atoms with Crippen LogP contribution in [0.1, 0.15) is 44.6 Å². The average Bonchev–Trinajstić information content (AvgIpc) is 3.29. The van der Waals surface area contributed by atoms with Gasteiger partial charge in [0.25, 0.3) is 5.69 Å². The lowest BCUT2D eigenvalue weighted by Gasteiger charge is -2.32. The van der Waals surface area contributed by atoms with E-state index in [4.69, 9.17) is 4.74 Å². The van der Waals surface area contributed by atoms with Crippen molar-refractivity contribution in [3.63, 3.8) is 0 Å². The molecule has 2 atom stereocenters. The second kappa shape index (κ2) is 7.30. The first kappa shape index (κ1) is 16.9. The van der Waals surface area contributed by atoms with Crippen molar-refractivity contribution in [2.45, 2.75) is 57.7 Å². The number of esters is 1. The summed E-state index contributed by atoms with van der Waals surface area (Å²) in [6.07, 6.45) is 5.19. The molecule has 0 bridgehead atoms. The second-order valence-corrected chi connectivity index (χ2v) is 6.69. The zero-order valence-corrected chi connectivity index (χ0v) is 14.0. The molecule has 0 saturated heterocycles. The Bertz CT molecular complexity index is 615. The molecule has 0 amide bonds. The Morgan fingerprint density at radius 3 is 2.79 bits per heavy atom. The van der Waals surface area contributed by atoms with Crippen molar-refractivity contribution >= 4 is 11.7 Å². The van der Waals surface area contributed by atoms with Crippen LogP contribution >= 0.6 is 0 Å². The maximum absolute atomic E-state index is 12.3. The predicted molar refractivity (Wildman–Crippen MR) is 89.4 cm³/mol. The number of nitrogens with zero attached hydrogens (tertiary/aromatic N) is 2. The van der Waals surface area contributed by atoms with Crippen molar-refractivity contribution < 1.29 is 14.5 Å². The van der Waals surface area contributed by atoms with Gasteiger partial charge < -0.3 is 4.74 Å². The lowest BCUT2D eigenvalue weighted by Crippen LogP contribution is -2.42. The van der Waals surface area contributed by atoms with Gasteiger partial charge >= 0.3 is 5.97 Å². The fourth-order valence-corrected chi connectivity index (χ4v) is 3.76. The van der Waals surface area contributed by atoms with Gasteiger partial charge in [-0.25, -0.2) is 0 Å². The molecule has 0 aliphatic heterocycles.